The first-order valence-electron chi connectivity index (χ1n) is 12.3. The lowest BCUT2D eigenvalue weighted by Gasteiger charge is -2.20. The lowest BCUT2D eigenvalue weighted by Crippen LogP contribution is -2.09. The second-order valence-electron chi connectivity index (χ2n) is 8.99. The Kier molecular flexibility index (Phi) is 8.00. The van der Waals surface area contributed by atoms with Crippen LogP contribution in [-0.4, -0.2) is 26.2 Å². The molecule has 5 aromatic rings. The van der Waals surface area contributed by atoms with Crippen molar-refractivity contribution in [3.05, 3.63) is 106 Å². The summed E-state index contributed by atoms with van der Waals surface area (Å²) in [7, 11) is 0. The molecule has 6 rings (SSSR count). The van der Waals surface area contributed by atoms with Crippen LogP contribution in [0.5, 0.6) is 5.75 Å². The number of aryl methyl sites for hydroxylation is 1. The highest BCUT2D eigenvalue weighted by Gasteiger charge is 2.17. The van der Waals surface area contributed by atoms with Gasteiger partial charge in [0.2, 0.25) is 0 Å². The fourth-order valence-corrected chi connectivity index (χ4v) is 4.83. The molecule has 0 saturated carbocycles. The van der Waals surface area contributed by atoms with Crippen LogP contribution in [0.2, 0.25) is 0 Å². The average Bonchev–Trinajstić information content (AvgIpc) is 3.42. The Labute approximate surface area is 235 Å². The zero-order chi connectivity index (χ0) is 25.0. The van der Waals surface area contributed by atoms with E-state index in [1.54, 1.807) is 4.68 Å². The molecule has 3 aromatic carbocycles. The fourth-order valence-electron chi connectivity index (χ4n) is 4.56. The van der Waals surface area contributed by atoms with Gasteiger partial charge in [0.25, 0.3) is 0 Å². The highest BCUT2D eigenvalue weighted by atomic mass is 79.9. The van der Waals surface area contributed by atoms with E-state index in [1.807, 2.05) is 73.1 Å². The van der Waals surface area contributed by atoms with Crippen molar-refractivity contribution in [3.8, 4) is 11.4 Å². The van der Waals surface area contributed by atoms with Crippen LogP contribution in [0.15, 0.2) is 88.6 Å². The number of nitrogens with one attached hydrogen (secondary N) is 1. The van der Waals surface area contributed by atoms with E-state index < -0.39 is 0 Å². The number of anilines is 1. The minimum Gasteiger partial charge on any atom is -0.487 e. The SMILES string of the molecule is Brc1ccc(-n2cc(COc3ccc(/C=N/Nc4c5c(nc6ccccc46)CCCC5)cc3)nn2)cc1.Cl. The third-order valence-corrected chi connectivity index (χ3v) is 6.99. The number of benzene rings is 3. The molecular formula is C29H26BrClN6O. The van der Waals surface area contributed by atoms with E-state index in [0.29, 0.717) is 6.61 Å². The van der Waals surface area contributed by atoms with Gasteiger partial charge in [0.1, 0.15) is 18.1 Å². The molecule has 0 atom stereocenters. The average molecular weight is 590 g/mol. The van der Waals surface area contributed by atoms with Crippen LogP contribution < -0.4 is 10.2 Å². The first kappa shape index (κ1) is 25.9. The van der Waals surface area contributed by atoms with Gasteiger partial charge in [-0.1, -0.05) is 39.3 Å². The molecule has 0 unspecified atom stereocenters. The number of rotatable bonds is 7. The van der Waals surface area contributed by atoms with Crippen molar-refractivity contribution in [3.63, 3.8) is 0 Å². The molecule has 0 saturated heterocycles. The molecule has 0 radical (unpaired) electrons. The lowest BCUT2D eigenvalue weighted by molar-refractivity contribution is 0.301. The van der Waals surface area contributed by atoms with Crippen LogP contribution in [0.3, 0.4) is 0 Å². The molecule has 1 aliphatic rings. The maximum Gasteiger partial charge on any atom is 0.134 e. The highest BCUT2D eigenvalue weighted by molar-refractivity contribution is 9.10. The molecule has 0 amide bonds. The van der Waals surface area contributed by atoms with E-state index in [1.165, 1.54) is 24.1 Å². The third kappa shape index (κ3) is 5.71. The third-order valence-electron chi connectivity index (χ3n) is 6.46. The minimum atomic E-state index is 0. The summed E-state index contributed by atoms with van der Waals surface area (Å²) in [6.07, 6.45) is 8.15. The lowest BCUT2D eigenvalue weighted by atomic mass is 9.93. The molecule has 192 valence electrons. The van der Waals surface area contributed by atoms with E-state index in [-0.39, 0.29) is 12.4 Å². The van der Waals surface area contributed by atoms with Gasteiger partial charge >= 0.3 is 0 Å². The quantitative estimate of drug-likeness (QED) is 0.165. The fraction of sp³-hybridized carbons (Fsp3) is 0.172. The number of ether oxygens (including phenoxy) is 1. The Hall–Kier alpha value is -3.75. The van der Waals surface area contributed by atoms with Crippen molar-refractivity contribution in [1.82, 2.24) is 20.0 Å². The summed E-state index contributed by atoms with van der Waals surface area (Å²) in [6.45, 7) is 0.339. The smallest absolute Gasteiger partial charge is 0.134 e. The largest absolute Gasteiger partial charge is 0.487 e. The Bertz CT molecular complexity index is 1570. The van der Waals surface area contributed by atoms with E-state index in [0.717, 1.165) is 56.6 Å². The van der Waals surface area contributed by atoms with Gasteiger partial charge in [-0.25, -0.2) is 4.68 Å². The monoisotopic (exact) mass is 588 g/mol. The Morgan fingerprint density at radius 3 is 2.61 bits per heavy atom. The van der Waals surface area contributed by atoms with Crippen LogP contribution in [-0.2, 0) is 19.4 Å². The summed E-state index contributed by atoms with van der Waals surface area (Å²) in [5, 5.41) is 14.1. The van der Waals surface area contributed by atoms with Crippen molar-refractivity contribution < 1.29 is 4.74 Å². The van der Waals surface area contributed by atoms with Crippen LogP contribution >= 0.6 is 28.3 Å². The first-order chi connectivity index (χ1) is 18.2. The van der Waals surface area contributed by atoms with Gasteiger partial charge in [0.05, 0.1) is 29.3 Å². The number of fused-ring (bicyclic) bond motifs is 2. The second-order valence-corrected chi connectivity index (χ2v) is 9.91. The van der Waals surface area contributed by atoms with Crippen molar-refractivity contribution in [2.75, 3.05) is 5.43 Å². The topological polar surface area (TPSA) is 77.2 Å². The Balaban J connectivity index is 0.00000294. The van der Waals surface area contributed by atoms with E-state index in [2.05, 4.69) is 48.9 Å². The maximum absolute atomic E-state index is 5.91. The number of nitrogens with zero attached hydrogens (tertiary/aromatic N) is 5. The Morgan fingerprint density at radius 2 is 1.76 bits per heavy atom. The van der Waals surface area contributed by atoms with Gasteiger partial charge in [0, 0.05) is 15.6 Å². The van der Waals surface area contributed by atoms with E-state index in [9.17, 15) is 0 Å². The van der Waals surface area contributed by atoms with Crippen molar-refractivity contribution >= 4 is 51.1 Å². The van der Waals surface area contributed by atoms with Crippen molar-refractivity contribution in [2.24, 2.45) is 5.10 Å². The van der Waals surface area contributed by atoms with Crippen LogP contribution in [0.25, 0.3) is 16.6 Å². The van der Waals surface area contributed by atoms with Gasteiger partial charge in [-0.15, -0.1) is 17.5 Å². The van der Waals surface area contributed by atoms with Gasteiger partial charge in [0.15, 0.2) is 0 Å². The molecule has 0 fully saturated rings. The molecule has 38 heavy (non-hydrogen) atoms. The van der Waals surface area contributed by atoms with Crippen LogP contribution in [0.1, 0.15) is 35.4 Å². The van der Waals surface area contributed by atoms with Crippen LogP contribution in [0, 0.1) is 0 Å². The minimum absolute atomic E-state index is 0. The van der Waals surface area contributed by atoms with Gasteiger partial charge < -0.3 is 4.74 Å². The summed E-state index contributed by atoms with van der Waals surface area (Å²) in [6, 6.07) is 24.0. The first-order valence-corrected chi connectivity index (χ1v) is 13.1. The van der Waals surface area contributed by atoms with Crippen molar-refractivity contribution in [1.29, 1.82) is 0 Å². The number of hydrogen-bond donors (Lipinski definition) is 1. The normalized spacial score (nSPS) is 12.8. The van der Waals surface area contributed by atoms with E-state index >= 15 is 0 Å². The highest BCUT2D eigenvalue weighted by Crippen LogP contribution is 2.33. The second kappa shape index (κ2) is 11.8. The van der Waals surface area contributed by atoms with E-state index in [4.69, 9.17) is 9.72 Å². The zero-order valence-electron chi connectivity index (χ0n) is 20.5. The summed E-state index contributed by atoms with van der Waals surface area (Å²) in [5.41, 5.74) is 10.6. The van der Waals surface area contributed by atoms with Gasteiger partial charge in [-0.3, -0.25) is 10.4 Å². The molecule has 9 heteroatoms. The molecular weight excluding hydrogens is 564 g/mol. The molecule has 2 heterocycles. The van der Waals surface area contributed by atoms with Crippen LogP contribution in [0.4, 0.5) is 5.69 Å². The number of pyridine rings is 1. The molecule has 2 aromatic heterocycles. The molecule has 1 aliphatic carbocycles. The summed E-state index contributed by atoms with van der Waals surface area (Å²) in [4.78, 5) is 4.89. The van der Waals surface area contributed by atoms with Gasteiger partial charge in [-0.2, -0.15) is 5.10 Å². The number of hydrogen-bond acceptors (Lipinski definition) is 6. The predicted molar refractivity (Wildman–Crippen MR) is 157 cm³/mol. The number of para-hydroxylation sites is 1. The molecule has 0 spiro atoms. The summed E-state index contributed by atoms with van der Waals surface area (Å²) >= 11 is 3.45. The maximum atomic E-state index is 5.91. The number of hydrazone groups is 1. The standard InChI is InChI=1S/C29H25BrN6O.ClH/c30-21-11-13-23(14-12-21)36-18-22(33-35-36)19-37-24-15-9-20(10-16-24)17-31-34-29-25-5-1-3-7-27(25)32-28-8-4-2-6-26(28)29;/h1,3,5,7,9-18H,2,4,6,8,19H2,(H,32,34);1H/b31-17+;. The van der Waals surface area contributed by atoms with Gasteiger partial charge in [-0.05, 0) is 91.4 Å². The number of halogens is 2. The number of aromatic nitrogens is 4. The molecule has 7 nitrogen and oxygen atoms in total. The predicted octanol–water partition coefficient (Wildman–Crippen LogP) is 6.90. The summed E-state index contributed by atoms with van der Waals surface area (Å²) < 4.78 is 8.67. The molecule has 0 aliphatic heterocycles. The summed E-state index contributed by atoms with van der Waals surface area (Å²) in [5.74, 6) is 0.762. The molecule has 0 bridgehead atoms. The molecule has 1 N–H and O–H groups in total. The zero-order valence-corrected chi connectivity index (χ0v) is 23.0. The van der Waals surface area contributed by atoms with Crippen molar-refractivity contribution in [2.45, 2.75) is 32.3 Å². The Morgan fingerprint density at radius 1 is 0.974 bits per heavy atom.